The molecule has 26 heavy (non-hydrogen) atoms. The van der Waals surface area contributed by atoms with E-state index in [1.54, 1.807) is 35.5 Å². The van der Waals surface area contributed by atoms with Crippen LogP contribution in [0.2, 0.25) is 0 Å². The van der Waals surface area contributed by atoms with Gasteiger partial charge in [-0.2, -0.15) is 0 Å². The average Bonchev–Trinajstić information content (AvgIpc) is 2.68. The van der Waals surface area contributed by atoms with Crippen molar-refractivity contribution in [1.29, 1.82) is 0 Å². The smallest absolute Gasteiger partial charge is 0.255 e. The topological polar surface area (TPSA) is 95.4 Å². The van der Waals surface area contributed by atoms with Gasteiger partial charge in [0, 0.05) is 60.9 Å². The van der Waals surface area contributed by atoms with Crippen molar-refractivity contribution in [2.75, 3.05) is 19.7 Å². The Hall–Kier alpha value is -2.32. The Balaban J connectivity index is 1.65. The second-order valence-electron chi connectivity index (χ2n) is 6.20. The van der Waals surface area contributed by atoms with Crippen molar-refractivity contribution < 1.29 is 14.7 Å². The van der Waals surface area contributed by atoms with Gasteiger partial charge >= 0.3 is 0 Å². The second-order valence-corrected chi connectivity index (χ2v) is 7.11. The van der Waals surface area contributed by atoms with E-state index in [1.165, 1.54) is 12.4 Å². The van der Waals surface area contributed by atoms with Crippen LogP contribution in [0, 0.1) is 5.92 Å². The number of likely N-dealkylation sites (tertiary alicyclic amines) is 1. The summed E-state index contributed by atoms with van der Waals surface area (Å²) in [4.78, 5) is 34.6. The maximum atomic E-state index is 12.7. The molecule has 2 N–H and O–H groups in total. The van der Waals surface area contributed by atoms with Crippen LogP contribution in [0.25, 0.3) is 0 Å². The standard InChI is InChI=1S/C18H19BrN4O3/c19-15-6-13(8-21-9-15)18(26)23-5-3-16(14(10-23)11-24)22-17(25)12-2-1-4-20-7-12/h1-2,4,6-9,14,16,24H,3,5,10-11H2,(H,22,25)/t14-,16-/m1/s1. The van der Waals surface area contributed by atoms with Crippen LogP contribution in [0.4, 0.5) is 0 Å². The van der Waals surface area contributed by atoms with Crippen LogP contribution < -0.4 is 5.32 Å². The normalized spacial score (nSPS) is 19.8. The van der Waals surface area contributed by atoms with E-state index in [9.17, 15) is 14.7 Å². The lowest BCUT2D eigenvalue weighted by Gasteiger charge is -2.38. The molecule has 136 valence electrons. The van der Waals surface area contributed by atoms with Gasteiger partial charge in [0.1, 0.15) is 0 Å². The molecule has 1 fully saturated rings. The predicted octanol–water partition coefficient (Wildman–Crippen LogP) is 1.49. The molecule has 3 heterocycles. The molecular formula is C18H19BrN4O3. The Morgan fingerprint density at radius 1 is 1.27 bits per heavy atom. The van der Waals surface area contributed by atoms with E-state index >= 15 is 0 Å². The molecule has 2 amide bonds. The Kier molecular flexibility index (Phi) is 5.95. The molecule has 0 bridgehead atoms. The number of aromatic nitrogens is 2. The number of carbonyl (C=O) groups is 2. The summed E-state index contributed by atoms with van der Waals surface area (Å²) in [6.07, 6.45) is 6.83. The fraction of sp³-hybridized carbons (Fsp3) is 0.333. The van der Waals surface area contributed by atoms with Gasteiger partial charge in [0.05, 0.1) is 11.1 Å². The van der Waals surface area contributed by atoms with E-state index in [0.717, 1.165) is 4.47 Å². The number of rotatable bonds is 4. The fourth-order valence-electron chi connectivity index (χ4n) is 3.05. The average molecular weight is 419 g/mol. The van der Waals surface area contributed by atoms with Gasteiger partial charge in [0.15, 0.2) is 0 Å². The summed E-state index contributed by atoms with van der Waals surface area (Å²) in [5, 5.41) is 12.7. The fourth-order valence-corrected chi connectivity index (χ4v) is 3.42. The monoisotopic (exact) mass is 418 g/mol. The van der Waals surface area contributed by atoms with Gasteiger partial charge in [0.25, 0.3) is 11.8 Å². The zero-order chi connectivity index (χ0) is 18.5. The van der Waals surface area contributed by atoms with E-state index in [0.29, 0.717) is 30.6 Å². The third-order valence-electron chi connectivity index (χ3n) is 4.45. The minimum atomic E-state index is -0.228. The summed E-state index contributed by atoms with van der Waals surface area (Å²) in [5.41, 5.74) is 0.969. The number of aliphatic hydroxyl groups is 1. The summed E-state index contributed by atoms with van der Waals surface area (Å²) in [6, 6.07) is 4.91. The highest BCUT2D eigenvalue weighted by atomic mass is 79.9. The van der Waals surface area contributed by atoms with Crippen molar-refractivity contribution >= 4 is 27.7 Å². The molecule has 8 heteroatoms. The highest BCUT2D eigenvalue weighted by molar-refractivity contribution is 9.10. The second kappa shape index (κ2) is 8.37. The number of hydrogen-bond donors (Lipinski definition) is 2. The SMILES string of the molecule is O=C(N[C@@H]1CCN(C(=O)c2cncc(Br)c2)C[C@@H]1CO)c1cccnc1. The Morgan fingerprint density at radius 3 is 2.77 bits per heavy atom. The molecule has 0 saturated carbocycles. The molecular weight excluding hydrogens is 400 g/mol. The highest BCUT2D eigenvalue weighted by Crippen LogP contribution is 2.20. The summed E-state index contributed by atoms with van der Waals surface area (Å²) in [5.74, 6) is -0.583. The Morgan fingerprint density at radius 2 is 2.08 bits per heavy atom. The molecule has 2 atom stereocenters. The summed E-state index contributed by atoms with van der Waals surface area (Å²) in [7, 11) is 0. The molecule has 1 saturated heterocycles. The lowest BCUT2D eigenvalue weighted by Crippen LogP contribution is -2.53. The van der Waals surface area contributed by atoms with Gasteiger partial charge < -0.3 is 15.3 Å². The zero-order valence-electron chi connectivity index (χ0n) is 14.0. The maximum Gasteiger partial charge on any atom is 0.255 e. The molecule has 3 rings (SSSR count). The first-order valence-corrected chi connectivity index (χ1v) is 9.09. The number of halogens is 1. The minimum absolute atomic E-state index is 0.113. The van der Waals surface area contributed by atoms with E-state index < -0.39 is 0 Å². The number of hydrogen-bond acceptors (Lipinski definition) is 5. The number of piperidine rings is 1. The molecule has 1 aliphatic rings. The number of aliphatic hydroxyl groups excluding tert-OH is 1. The number of pyridine rings is 2. The van der Waals surface area contributed by atoms with Crippen LogP contribution >= 0.6 is 15.9 Å². The van der Waals surface area contributed by atoms with Gasteiger partial charge in [-0.3, -0.25) is 19.6 Å². The number of nitrogens with one attached hydrogen (secondary N) is 1. The first-order chi connectivity index (χ1) is 12.6. The van der Waals surface area contributed by atoms with Crippen molar-refractivity contribution in [2.24, 2.45) is 5.92 Å². The lowest BCUT2D eigenvalue weighted by atomic mass is 9.92. The van der Waals surface area contributed by atoms with Crippen LogP contribution in [-0.4, -0.2) is 57.5 Å². The van der Waals surface area contributed by atoms with Crippen molar-refractivity contribution in [3.63, 3.8) is 0 Å². The number of nitrogens with zero attached hydrogens (tertiary/aromatic N) is 3. The molecule has 0 aliphatic carbocycles. The minimum Gasteiger partial charge on any atom is -0.396 e. The lowest BCUT2D eigenvalue weighted by molar-refractivity contribution is 0.0533. The van der Waals surface area contributed by atoms with Crippen molar-refractivity contribution in [3.05, 3.63) is 58.6 Å². The number of amides is 2. The van der Waals surface area contributed by atoms with Gasteiger partial charge in [-0.15, -0.1) is 0 Å². The molecule has 0 aromatic carbocycles. The van der Waals surface area contributed by atoms with Gasteiger partial charge in [-0.25, -0.2) is 0 Å². The molecule has 0 spiro atoms. The zero-order valence-corrected chi connectivity index (χ0v) is 15.6. The van der Waals surface area contributed by atoms with E-state index in [4.69, 9.17) is 0 Å². The van der Waals surface area contributed by atoms with E-state index in [2.05, 4.69) is 31.2 Å². The van der Waals surface area contributed by atoms with E-state index in [1.807, 2.05) is 0 Å². The van der Waals surface area contributed by atoms with Crippen LogP contribution in [0.3, 0.4) is 0 Å². The molecule has 2 aromatic rings. The first-order valence-electron chi connectivity index (χ1n) is 8.30. The summed E-state index contributed by atoms with van der Waals surface area (Å²) >= 11 is 3.31. The maximum absolute atomic E-state index is 12.7. The van der Waals surface area contributed by atoms with Crippen molar-refractivity contribution in [3.8, 4) is 0 Å². The van der Waals surface area contributed by atoms with Gasteiger partial charge in [-0.05, 0) is 40.5 Å². The molecule has 2 aromatic heterocycles. The molecule has 1 aliphatic heterocycles. The predicted molar refractivity (Wildman–Crippen MR) is 98.5 cm³/mol. The van der Waals surface area contributed by atoms with Crippen molar-refractivity contribution in [1.82, 2.24) is 20.2 Å². The third kappa shape index (κ3) is 4.25. The van der Waals surface area contributed by atoms with Crippen LogP contribution in [0.1, 0.15) is 27.1 Å². The Bertz CT molecular complexity index is 787. The summed E-state index contributed by atoms with van der Waals surface area (Å²) < 4.78 is 0.737. The molecule has 7 nitrogen and oxygen atoms in total. The van der Waals surface area contributed by atoms with Gasteiger partial charge in [0.2, 0.25) is 0 Å². The van der Waals surface area contributed by atoms with E-state index in [-0.39, 0.29) is 30.4 Å². The largest absolute Gasteiger partial charge is 0.396 e. The summed E-state index contributed by atoms with van der Waals surface area (Å²) in [6.45, 7) is 0.762. The first kappa shape index (κ1) is 18.5. The quantitative estimate of drug-likeness (QED) is 0.783. The highest BCUT2D eigenvalue weighted by Gasteiger charge is 2.32. The number of carbonyl (C=O) groups excluding carboxylic acids is 2. The molecule has 0 unspecified atom stereocenters. The van der Waals surface area contributed by atoms with Crippen molar-refractivity contribution in [2.45, 2.75) is 12.5 Å². The molecule has 0 radical (unpaired) electrons. The van der Waals surface area contributed by atoms with Crippen LogP contribution in [-0.2, 0) is 0 Å². The Labute approximate surface area is 159 Å². The van der Waals surface area contributed by atoms with Gasteiger partial charge in [-0.1, -0.05) is 0 Å². The van der Waals surface area contributed by atoms with Crippen LogP contribution in [0.5, 0.6) is 0 Å². The van der Waals surface area contributed by atoms with Crippen LogP contribution in [0.15, 0.2) is 47.5 Å². The third-order valence-corrected chi connectivity index (χ3v) is 4.88.